The first-order chi connectivity index (χ1) is 14.5. The quantitative estimate of drug-likeness (QED) is 0.435. The molecule has 3 aromatic rings. The number of amides is 1. The van der Waals surface area contributed by atoms with Crippen LogP contribution < -0.4 is 14.8 Å². The number of anilines is 1. The van der Waals surface area contributed by atoms with Crippen LogP contribution in [-0.2, 0) is 11.8 Å². The average Bonchev–Trinajstić information content (AvgIpc) is 3.09. The second kappa shape index (κ2) is 9.76. The van der Waals surface area contributed by atoms with E-state index in [1.165, 1.54) is 17.9 Å². The summed E-state index contributed by atoms with van der Waals surface area (Å²) < 4.78 is 12.4. The molecule has 0 saturated carbocycles. The van der Waals surface area contributed by atoms with Gasteiger partial charge in [-0.1, -0.05) is 41.9 Å². The SMILES string of the molecule is COc1cc(/C=C/C(=O)c2nn(C)cc2Cl)ccc1OCC(=O)Nc1ccccc1. The summed E-state index contributed by atoms with van der Waals surface area (Å²) in [6, 6.07) is 14.2. The van der Waals surface area contributed by atoms with E-state index in [0.29, 0.717) is 27.8 Å². The summed E-state index contributed by atoms with van der Waals surface area (Å²) in [6.07, 6.45) is 4.57. The van der Waals surface area contributed by atoms with Crippen LogP contribution in [0.4, 0.5) is 5.69 Å². The summed E-state index contributed by atoms with van der Waals surface area (Å²) in [7, 11) is 3.19. The highest BCUT2D eigenvalue weighted by Crippen LogP contribution is 2.28. The molecule has 0 fully saturated rings. The van der Waals surface area contributed by atoms with Gasteiger partial charge in [0.25, 0.3) is 5.91 Å². The van der Waals surface area contributed by atoms with E-state index >= 15 is 0 Å². The minimum Gasteiger partial charge on any atom is -0.493 e. The van der Waals surface area contributed by atoms with Crippen LogP contribution in [0, 0.1) is 0 Å². The number of carbonyl (C=O) groups is 2. The number of carbonyl (C=O) groups excluding carboxylic acids is 2. The van der Waals surface area contributed by atoms with E-state index in [1.807, 2.05) is 18.2 Å². The molecule has 30 heavy (non-hydrogen) atoms. The van der Waals surface area contributed by atoms with Crippen molar-refractivity contribution >= 4 is 35.1 Å². The maximum absolute atomic E-state index is 12.3. The number of ether oxygens (including phenoxy) is 2. The van der Waals surface area contributed by atoms with Crippen molar-refractivity contribution in [1.82, 2.24) is 9.78 Å². The van der Waals surface area contributed by atoms with Crippen molar-refractivity contribution in [3.8, 4) is 11.5 Å². The highest BCUT2D eigenvalue weighted by Gasteiger charge is 2.12. The maximum atomic E-state index is 12.3. The van der Waals surface area contributed by atoms with E-state index in [4.69, 9.17) is 21.1 Å². The molecule has 2 aromatic carbocycles. The van der Waals surface area contributed by atoms with E-state index < -0.39 is 0 Å². The zero-order chi connectivity index (χ0) is 21.5. The zero-order valence-electron chi connectivity index (χ0n) is 16.5. The lowest BCUT2D eigenvalue weighted by Gasteiger charge is -2.11. The molecule has 0 radical (unpaired) electrons. The van der Waals surface area contributed by atoms with Gasteiger partial charge in [0, 0.05) is 18.9 Å². The molecule has 0 aliphatic heterocycles. The number of rotatable bonds is 8. The molecule has 1 heterocycles. The van der Waals surface area contributed by atoms with Gasteiger partial charge in [0.05, 0.1) is 12.1 Å². The molecule has 0 unspecified atom stereocenters. The van der Waals surface area contributed by atoms with Crippen LogP contribution in [0.25, 0.3) is 6.08 Å². The van der Waals surface area contributed by atoms with Gasteiger partial charge in [-0.2, -0.15) is 5.10 Å². The number of aryl methyl sites for hydroxylation is 1. The largest absolute Gasteiger partial charge is 0.493 e. The molecule has 8 heteroatoms. The normalized spacial score (nSPS) is 10.8. The van der Waals surface area contributed by atoms with Gasteiger partial charge < -0.3 is 14.8 Å². The number of halogens is 1. The number of para-hydroxylation sites is 1. The first-order valence-electron chi connectivity index (χ1n) is 9.03. The Morgan fingerprint density at radius 2 is 1.93 bits per heavy atom. The van der Waals surface area contributed by atoms with Gasteiger partial charge in [-0.25, -0.2) is 0 Å². The second-order valence-corrected chi connectivity index (χ2v) is 6.72. The number of aromatic nitrogens is 2. The summed E-state index contributed by atoms with van der Waals surface area (Å²) >= 11 is 5.99. The van der Waals surface area contributed by atoms with Crippen LogP contribution in [0.3, 0.4) is 0 Å². The molecular formula is C22H20ClN3O4. The summed E-state index contributed by atoms with van der Waals surface area (Å²) in [6.45, 7) is -0.170. The summed E-state index contributed by atoms with van der Waals surface area (Å²) in [5.74, 6) is 0.257. The van der Waals surface area contributed by atoms with Gasteiger partial charge in [0.2, 0.25) is 5.78 Å². The van der Waals surface area contributed by atoms with Gasteiger partial charge in [0.15, 0.2) is 23.8 Å². The Balaban J connectivity index is 1.63. The molecule has 1 amide bonds. The van der Waals surface area contributed by atoms with Crippen LogP contribution in [0.1, 0.15) is 16.1 Å². The second-order valence-electron chi connectivity index (χ2n) is 6.31. The van der Waals surface area contributed by atoms with Crippen molar-refractivity contribution in [2.45, 2.75) is 0 Å². The third-order valence-electron chi connectivity index (χ3n) is 4.05. The number of nitrogens with one attached hydrogen (secondary N) is 1. The van der Waals surface area contributed by atoms with Crippen LogP contribution in [0.5, 0.6) is 11.5 Å². The summed E-state index contributed by atoms with van der Waals surface area (Å²) in [5.41, 5.74) is 1.59. The smallest absolute Gasteiger partial charge is 0.262 e. The monoisotopic (exact) mass is 425 g/mol. The van der Waals surface area contributed by atoms with Crippen molar-refractivity contribution in [1.29, 1.82) is 0 Å². The topological polar surface area (TPSA) is 82.4 Å². The molecule has 7 nitrogen and oxygen atoms in total. The molecule has 154 valence electrons. The first kappa shape index (κ1) is 21.1. The number of benzene rings is 2. The highest BCUT2D eigenvalue weighted by molar-refractivity contribution is 6.34. The summed E-state index contributed by atoms with van der Waals surface area (Å²) in [4.78, 5) is 24.3. The Kier molecular flexibility index (Phi) is 6.87. The minimum absolute atomic E-state index is 0.170. The van der Waals surface area contributed by atoms with Crippen LogP contribution in [0.2, 0.25) is 5.02 Å². The van der Waals surface area contributed by atoms with Crippen molar-refractivity contribution in [2.24, 2.45) is 7.05 Å². The Bertz CT molecular complexity index is 1080. The van der Waals surface area contributed by atoms with Gasteiger partial charge >= 0.3 is 0 Å². The standard InChI is InChI=1S/C22H20ClN3O4/c1-26-13-17(23)22(25-26)18(27)10-8-15-9-11-19(20(12-15)29-2)30-14-21(28)24-16-6-4-3-5-7-16/h3-13H,14H2,1-2H3,(H,24,28)/b10-8+. The van der Waals surface area contributed by atoms with Gasteiger partial charge in [-0.15, -0.1) is 0 Å². The van der Waals surface area contributed by atoms with Crippen molar-refractivity contribution in [3.05, 3.63) is 77.1 Å². The molecule has 0 saturated heterocycles. The Hall–Kier alpha value is -3.58. The van der Waals surface area contributed by atoms with Crippen LogP contribution in [0.15, 0.2) is 60.8 Å². The first-order valence-corrected chi connectivity index (χ1v) is 9.41. The molecule has 0 bridgehead atoms. The lowest BCUT2D eigenvalue weighted by Crippen LogP contribution is -2.20. The molecule has 1 N–H and O–H groups in total. The number of hydrogen-bond acceptors (Lipinski definition) is 5. The van der Waals surface area contributed by atoms with E-state index in [2.05, 4.69) is 10.4 Å². The number of nitrogens with zero attached hydrogens (tertiary/aromatic N) is 2. The highest BCUT2D eigenvalue weighted by atomic mass is 35.5. The van der Waals surface area contributed by atoms with E-state index in [9.17, 15) is 9.59 Å². The molecule has 3 rings (SSSR count). The lowest BCUT2D eigenvalue weighted by molar-refractivity contribution is -0.118. The third-order valence-corrected chi connectivity index (χ3v) is 4.33. The Morgan fingerprint density at radius 3 is 2.60 bits per heavy atom. The number of allylic oxidation sites excluding steroid dienone is 1. The average molecular weight is 426 g/mol. The van der Waals surface area contributed by atoms with Crippen LogP contribution in [-0.4, -0.2) is 35.2 Å². The van der Waals surface area contributed by atoms with Crippen LogP contribution >= 0.6 is 11.6 Å². The predicted molar refractivity (Wildman–Crippen MR) is 115 cm³/mol. The maximum Gasteiger partial charge on any atom is 0.262 e. The molecule has 0 spiro atoms. The number of methoxy groups -OCH3 is 1. The van der Waals surface area contributed by atoms with Gasteiger partial charge in [0.1, 0.15) is 0 Å². The third kappa shape index (κ3) is 5.48. The fourth-order valence-electron chi connectivity index (χ4n) is 2.65. The van der Waals surface area contributed by atoms with Gasteiger partial charge in [-0.05, 0) is 35.9 Å². The minimum atomic E-state index is -0.308. The van der Waals surface area contributed by atoms with Crippen molar-refractivity contribution in [3.63, 3.8) is 0 Å². The van der Waals surface area contributed by atoms with Crippen molar-refractivity contribution < 1.29 is 19.1 Å². The zero-order valence-corrected chi connectivity index (χ0v) is 17.2. The van der Waals surface area contributed by atoms with E-state index in [-0.39, 0.29) is 24.0 Å². The fraction of sp³-hybridized carbons (Fsp3) is 0.136. The lowest BCUT2D eigenvalue weighted by atomic mass is 10.1. The molecule has 1 aromatic heterocycles. The summed E-state index contributed by atoms with van der Waals surface area (Å²) in [5, 5.41) is 7.08. The fourth-order valence-corrected chi connectivity index (χ4v) is 2.92. The Morgan fingerprint density at radius 1 is 1.17 bits per heavy atom. The van der Waals surface area contributed by atoms with Gasteiger partial charge in [-0.3, -0.25) is 14.3 Å². The van der Waals surface area contributed by atoms with E-state index in [0.717, 1.165) is 0 Å². The van der Waals surface area contributed by atoms with Crippen molar-refractivity contribution in [2.75, 3.05) is 19.0 Å². The molecular weight excluding hydrogens is 406 g/mol. The predicted octanol–water partition coefficient (Wildman–Crippen LogP) is 4.00. The molecule has 0 aliphatic carbocycles. The molecule has 0 atom stereocenters. The number of hydrogen-bond donors (Lipinski definition) is 1. The molecule has 0 aliphatic rings. The number of ketones is 1. The van der Waals surface area contributed by atoms with E-state index in [1.54, 1.807) is 49.7 Å². The Labute approximate surface area is 178 Å².